The number of nitrogens with one attached hydrogen (secondary N) is 1. The van der Waals surface area contributed by atoms with Gasteiger partial charge in [-0.25, -0.2) is 0 Å². The fraction of sp³-hybridized carbons (Fsp3) is 0.235. The Hall–Kier alpha value is -1.11. The molecule has 0 aromatic heterocycles. The van der Waals surface area contributed by atoms with E-state index in [0.717, 1.165) is 15.7 Å². The van der Waals surface area contributed by atoms with Gasteiger partial charge in [-0.05, 0) is 66.0 Å². The maximum Gasteiger partial charge on any atom is 0.252 e. The van der Waals surface area contributed by atoms with Crippen molar-refractivity contribution in [3.8, 4) is 0 Å². The highest BCUT2D eigenvalue weighted by molar-refractivity contribution is 14.1. The van der Waals surface area contributed by atoms with Crippen LogP contribution >= 0.6 is 34.2 Å². The van der Waals surface area contributed by atoms with Crippen LogP contribution in [0, 0.1) is 3.57 Å². The van der Waals surface area contributed by atoms with Gasteiger partial charge in [-0.3, -0.25) is 4.79 Å². The summed E-state index contributed by atoms with van der Waals surface area (Å²) in [6.45, 7) is 1.35. The van der Waals surface area contributed by atoms with Crippen molar-refractivity contribution in [1.29, 1.82) is 0 Å². The zero-order valence-electron chi connectivity index (χ0n) is 12.6. The first-order valence-corrected chi connectivity index (χ1v) is 8.38. The minimum Gasteiger partial charge on any atom is -0.348 e. The van der Waals surface area contributed by atoms with E-state index >= 15 is 0 Å². The van der Waals surface area contributed by atoms with Crippen molar-refractivity contribution in [3.05, 3.63) is 67.7 Å². The van der Waals surface area contributed by atoms with Crippen LogP contribution in [0.1, 0.15) is 21.5 Å². The van der Waals surface area contributed by atoms with E-state index < -0.39 is 0 Å². The first-order chi connectivity index (χ1) is 10.5. The molecule has 2 aromatic carbocycles. The van der Waals surface area contributed by atoms with Crippen LogP contribution in [0.4, 0.5) is 0 Å². The number of halogens is 2. The molecule has 0 fully saturated rings. The summed E-state index contributed by atoms with van der Waals surface area (Å²) >= 11 is 8.11. The summed E-state index contributed by atoms with van der Waals surface area (Å²) in [6, 6.07) is 13.5. The molecule has 5 heteroatoms. The van der Waals surface area contributed by atoms with Crippen LogP contribution < -0.4 is 5.32 Å². The molecule has 0 unspecified atom stereocenters. The van der Waals surface area contributed by atoms with E-state index in [1.807, 2.05) is 38.4 Å². The first kappa shape index (κ1) is 17.2. The van der Waals surface area contributed by atoms with Crippen LogP contribution in [-0.4, -0.2) is 24.9 Å². The van der Waals surface area contributed by atoms with Crippen molar-refractivity contribution < 1.29 is 4.79 Å². The molecule has 0 saturated heterocycles. The Morgan fingerprint density at radius 1 is 1.18 bits per heavy atom. The van der Waals surface area contributed by atoms with Crippen LogP contribution in [0.5, 0.6) is 0 Å². The van der Waals surface area contributed by atoms with Crippen molar-refractivity contribution in [1.82, 2.24) is 10.2 Å². The van der Waals surface area contributed by atoms with E-state index in [1.165, 1.54) is 5.56 Å². The fourth-order valence-corrected chi connectivity index (χ4v) is 2.92. The average molecular weight is 429 g/mol. The molecular weight excluding hydrogens is 411 g/mol. The second-order valence-electron chi connectivity index (χ2n) is 5.31. The van der Waals surface area contributed by atoms with Gasteiger partial charge in [0, 0.05) is 21.7 Å². The summed E-state index contributed by atoms with van der Waals surface area (Å²) < 4.78 is 0.890. The van der Waals surface area contributed by atoms with Gasteiger partial charge in [0.05, 0.1) is 5.56 Å². The number of hydrogen-bond acceptors (Lipinski definition) is 2. The number of benzene rings is 2. The van der Waals surface area contributed by atoms with Gasteiger partial charge in [0.1, 0.15) is 0 Å². The smallest absolute Gasteiger partial charge is 0.252 e. The molecule has 0 radical (unpaired) electrons. The van der Waals surface area contributed by atoms with Crippen molar-refractivity contribution in [2.45, 2.75) is 13.1 Å². The summed E-state index contributed by atoms with van der Waals surface area (Å²) in [5.41, 5.74) is 2.95. The zero-order valence-corrected chi connectivity index (χ0v) is 15.5. The van der Waals surface area contributed by atoms with E-state index in [4.69, 9.17) is 11.6 Å². The van der Waals surface area contributed by atoms with Crippen LogP contribution in [0.15, 0.2) is 42.5 Å². The SMILES string of the molecule is CN(C)Cc1ccccc1CNC(=O)c1cc(Cl)ccc1I. The number of carbonyl (C=O) groups excluding carboxylic acids is 1. The van der Waals surface area contributed by atoms with E-state index in [-0.39, 0.29) is 5.91 Å². The third kappa shape index (κ3) is 4.69. The van der Waals surface area contributed by atoms with Crippen LogP contribution in [0.25, 0.3) is 0 Å². The lowest BCUT2D eigenvalue weighted by Crippen LogP contribution is -2.25. The molecule has 1 N–H and O–H groups in total. The molecule has 0 spiro atoms. The quantitative estimate of drug-likeness (QED) is 0.732. The average Bonchev–Trinajstić information content (AvgIpc) is 2.48. The molecule has 2 aromatic rings. The van der Waals surface area contributed by atoms with Crippen molar-refractivity contribution in [2.24, 2.45) is 0 Å². The monoisotopic (exact) mass is 428 g/mol. The minimum atomic E-state index is -0.105. The van der Waals surface area contributed by atoms with Crippen LogP contribution in [0.3, 0.4) is 0 Å². The molecule has 0 aliphatic rings. The fourth-order valence-electron chi connectivity index (χ4n) is 2.17. The molecule has 0 atom stereocenters. The first-order valence-electron chi connectivity index (χ1n) is 6.92. The molecule has 22 heavy (non-hydrogen) atoms. The molecule has 0 bridgehead atoms. The molecule has 0 aliphatic carbocycles. The predicted octanol–water partition coefficient (Wildman–Crippen LogP) is 3.94. The highest BCUT2D eigenvalue weighted by atomic mass is 127. The molecule has 2 rings (SSSR count). The Morgan fingerprint density at radius 2 is 1.86 bits per heavy atom. The lowest BCUT2D eigenvalue weighted by molar-refractivity contribution is 0.0950. The van der Waals surface area contributed by atoms with Gasteiger partial charge >= 0.3 is 0 Å². The Kier molecular flexibility index (Phi) is 6.23. The van der Waals surface area contributed by atoms with Gasteiger partial charge in [-0.15, -0.1) is 0 Å². The lowest BCUT2D eigenvalue weighted by Gasteiger charge is -2.15. The lowest BCUT2D eigenvalue weighted by atomic mass is 10.1. The Balaban J connectivity index is 2.10. The maximum atomic E-state index is 12.3. The van der Waals surface area contributed by atoms with Gasteiger partial charge in [0.2, 0.25) is 0 Å². The van der Waals surface area contributed by atoms with Crippen LogP contribution in [-0.2, 0) is 13.1 Å². The molecule has 116 valence electrons. The van der Waals surface area contributed by atoms with E-state index in [1.54, 1.807) is 12.1 Å². The zero-order chi connectivity index (χ0) is 16.1. The number of rotatable bonds is 5. The van der Waals surface area contributed by atoms with Crippen molar-refractivity contribution in [3.63, 3.8) is 0 Å². The van der Waals surface area contributed by atoms with Gasteiger partial charge in [-0.1, -0.05) is 35.9 Å². The molecule has 3 nitrogen and oxygen atoms in total. The summed E-state index contributed by atoms with van der Waals surface area (Å²) in [5.74, 6) is -0.105. The summed E-state index contributed by atoms with van der Waals surface area (Å²) in [4.78, 5) is 14.5. The predicted molar refractivity (Wildman–Crippen MR) is 99.2 cm³/mol. The van der Waals surface area contributed by atoms with Crippen molar-refractivity contribution >= 4 is 40.1 Å². The highest BCUT2D eigenvalue weighted by Crippen LogP contribution is 2.18. The maximum absolute atomic E-state index is 12.3. The minimum absolute atomic E-state index is 0.105. The van der Waals surface area contributed by atoms with E-state index in [0.29, 0.717) is 17.1 Å². The van der Waals surface area contributed by atoms with Gasteiger partial charge < -0.3 is 10.2 Å². The van der Waals surface area contributed by atoms with Gasteiger partial charge in [0.25, 0.3) is 5.91 Å². The highest BCUT2D eigenvalue weighted by Gasteiger charge is 2.11. The van der Waals surface area contributed by atoms with E-state index in [2.05, 4.69) is 38.9 Å². The number of amides is 1. The Labute approximate surface area is 149 Å². The topological polar surface area (TPSA) is 32.3 Å². The Bertz CT molecular complexity index is 673. The van der Waals surface area contributed by atoms with Crippen LogP contribution in [0.2, 0.25) is 5.02 Å². The molecular formula is C17H18ClIN2O. The summed E-state index contributed by atoms with van der Waals surface area (Å²) in [7, 11) is 4.06. The third-order valence-electron chi connectivity index (χ3n) is 3.22. The number of hydrogen-bond donors (Lipinski definition) is 1. The Morgan fingerprint density at radius 3 is 2.55 bits per heavy atom. The molecule has 0 aliphatic heterocycles. The second-order valence-corrected chi connectivity index (χ2v) is 6.91. The summed E-state index contributed by atoms with van der Waals surface area (Å²) in [5, 5.41) is 3.54. The normalized spacial score (nSPS) is 10.8. The number of nitrogens with zero attached hydrogens (tertiary/aromatic N) is 1. The van der Waals surface area contributed by atoms with Gasteiger partial charge in [0.15, 0.2) is 0 Å². The van der Waals surface area contributed by atoms with E-state index in [9.17, 15) is 4.79 Å². The third-order valence-corrected chi connectivity index (χ3v) is 4.39. The standard InChI is InChI=1S/C17H18ClIN2O/c1-21(2)11-13-6-4-3-5-12(13)10-20-17(22)15-9-14(18)7-8-16(15)19/h3-9H,10-11H2,1-2H3,(H,20,22). The molecule has 0 heterocycles. The summed E-state index contributed by atoms with van der Waals surface area (Å²) in [6.07, 6.45) is 0. The molecule has 1 amide bonds. The van der Waals surface area contributed by atoms with Crippen molar-refractivity contribution in [2.75, 3.05) is 14.1 Å². The molecule has 0 saturated carbocycles. The van der Waals surface area contributed by atoms with Gasteiger partial charge in [-0.2, -0.15) is 0 Å². The number of carbonyl (C=O) groups is 1. The largest absolute Gasteiger partial charge is 0.348 e. The second kappa shape index (κ2) is 7.94.